The predicted molar refractivity (Wildman–Crippen MR) is 55.4 cm³/mol. The molecule has 1 unspecified atom stereocenters. The van der Waals surface area contributed by atoms with E-state index in [0.29, 0.717) is 6.54 Å². The predicted octanol–water partition coefficient (Wildman–Crippen LogP) is 0.785. The summed E-state index contributed by atoms with van der Waals surface area (Å²) in [6, 6.07) is 2.88. The topological polar surface area (TPSA) is 48.3 Å². The van der Waals surface area contributed by atoms with Crippen LogP contribution < -0.4 is 5.43 Å². The van der Waals surface area contributed by atoms with Crippen molar-refractivity contribution in [1.82, 2.24) is 4.57 Å². The summed E-state index contributed by atoms with van der Waals surface area (Å²) in [5, 5.41) is 0. The fraction of sp³-hybridized carbons (Fsp3) is 0.333. The van der Waals surface area contributed by atoms with Crippen molar-refractivity contribution in [3.8, 4) is 0 Å². The zero-order chi connectivity index (χ0) is 10.6. The summed E-state index contributed by atoms with van der Waals surface area (Å²) in [6.45, 7) is 0.437. The second-order valence-corrected chi connectivity index (χ2v) is 3.83. The standard InChI is InChI=1S/C9H10BrNO3/c1-14-9(13)8(10)6-11-4-2-7(12)3-5-11/h2-5,8H,6H2,1H3. The molecular weight excluding hydrogens is 250 g/mol. The zero-order valence-corrected chi connectivity index (χ0v) is 9.23. The van der Waals surface area contributed by atoms with Crippen molar-refractivity contribution < 1.29 is 9.53 Å². The van der Waals surface area contributed by atoms with Crippen LogP contribution in [0.5, 0.6) is 0 Å². The molecule has 5 heteroatoms. The minimum Gasteiger partial charge on any atom is -0.468 e. The Labute approximate surface area is 89.6 Å². The molecule has 0 aromatic carbocycles. The minimum absolute atomic E-state index is 0.0505. The van der Waals surface area contributed by atoms with Gasteiger partial charge in [0, 0.05) is 31.1 Å². The van der Waals surface area contributed by atoms with Gasteiger partial charge in [-0.3, -0.25) is 9.59 Å². The van der Waals surface area contributed by atoms with Gasteiger partial charge >= 0.3 is 5.97 Å². The summed E-state index contributed by atoms with van der Waals surface area (Å²) in [4.78, 5) is 21.4. The molecular formula is C9H10BrNO3. The van der Waals surface area contributed by atoms with E-state index in [1.807, 2.05) is 0 Å². The van der Waals surface area contributed by atoms with Gasteiger partial charge in [0.2, 0.25) is 0 Å². The summed E-state index contributed by atoms with van der Waals surface area (Å²) in [5.41, 5.74) is -0.0505. The fourth-order valence-electron chi connectivity index (χ4n) is 0.953. The van der Waals surface area contributed by atoms with Crippen LogP contribution >= 0.6 is 15.9 Å². The summed E-state index contributed by atoms with van der Waals surface area (Å²) in [6.07, 6.45) is 3.25. The maximum Gasteiger partial charge on any atom is 0.321 e. The molecule has 1 aromatic heterocycles. The van der Waals surface area contributed by atoms with Crippen LogP contribution in [0.3, 0.4) is 0 Å². The molecule has 0 aliphatic rings. The monoisotopic (exact) mass is 259 g/mol. The van der Waals surface area contributed by atoms with Gasteiger partial charge < -0.3 is 9.30 Å². The van der Waals surface area contributed by atoms with Crippen molar-refractivity contribution in [2.75, 3.05) is 7.11 Å². The number of pyridine rings is 1. The Kier molecular flexibility index (Phi) is 3.88. The Hall–Kier alpha value is -1.10. The number of hydrogen-bond acceptors (Lipinski definition) is 3. The number of esters is 1. The van der Waals surface area contributed by atoms with Crippen molar-refractivity contribution in [2.45, 2.75) is 11.4 Å². The molecule has 0 bridgehead atoms. The van der Waals surface area contributed by atoms with E-state index in [9.17, 15) is 9.59 Å². The normalized spacial score (nSPS) is 12.1. The summed E-state index contributed by atoms with van der Waals surface area (Å²) >= 11 is 3.19. The highest BCUT2D eigenvalue weighted by Gasteiger charge is 2.14. The molecule has 0 saturated heterocycles. The number of halogens is 1. The highest BCUT2D eigenvalue weighted by atomic mass is 79.9. The van der Waals surface area contributed by atoms with Crippen LogP contribution in [0.1, 0.15) is 0 Å². The van der Waals surface area contributed by atoms with Gasteiger partial charge in [-0.15, -0.1) is 0 Å². The fourth-order valence-corrected chi connectivity index (χ4v) is 1.47. The maximum atomic E-state index is 11.0. The summed E-state index contributed by atoms with van der Waals surface area (Å²) < 4.78 is 6.28. The Balaban J connectivity index is 2.65. The van der Waals surface area contributed by atoms with Crippen molar-refractivity contribution in [3.63, 3.8) is 0 Å². The van der Waals surface area contributed by atoms with E-state index in [1.165, 1.54) is 19.2 Å². The van der Waals surface area contributed by atoms with E-state index >= 15 is 0 Å². The number of rotatable bonds is 3. The lowest BCUT2D eigenvalue weighted by atomic mass is 10.4. The Bertz CT molecular complexity index is 354. The molecule has 1 aromatic rings. The number of nitrogens with zero attached hydrogens (tertiary/aromatic N) is 1. The van der Waals surface area contributed by atoms with Crippen molar-refractivity contribution in [1.29, 1.82) is 0 Å². The lowest BCUT2D eigenvalue weighted by Crippen LogP contribution is -2.21. The molecule has 0 aliphatic carbocycles. The largest absolute Gasteiger partial charge is 0.468 e. The molecule has 4 nitrogen and oxygen atoms in total. The van der Waals surface area contributed by atoms with Gasteiger partial charge in [0.05, 0.1) is 7.11 Å². The SMILES string of the molecule is COC(=O)C(Br)Cn1ccc(=O)cc1. The molecule has 1 heterocycles. The number of methoxy groups -OCH3 is 1. The highest BCUT2D eigenvalue weighted by Crippen LogP contribution is 2.04. The first kappa shape index (κ1) is 11.0. The Morgan fingerprint density at radius 1 is 1.57 bits per heavy atom. The Morgan fingerprint density at radius 3 is 2.64 bits per heavy atom. The van der Waals surface area contributed by atoms with Gasteiger partial charge in [-0.25, -0.2) is 0 Å². The van der Waals surface area contributed by atoms with Crippen LogP contribution in [0.15, 0.2) is 29.3 Å². The maximum absolute atomic E-state index is 11.0. The second kappa shape index (κ2) is 4.95. The van der Waals surface area contributed by atoms with Crippen molar-refractivity contribution >= 4 is 21.9 Å². The van der Waals surface area contributed by atoms with E-state index < -0.39 is 4.83 Å². The first-order chi connectivity index (χ1) is 6.63. The lowest BCUT2D eigenvalue weighted by molar-refractivity contribution is -0.140. The minimum atomic E-state index is -0.394. The van der Waals surface area contributed by atoms with Crippen LogP contribution in [0.25, 0.3) is 0 Å². The molecule has 14 heavy (non-hydrogen) atoms. The van der Waals surface area contributed by atoms with Crippen LogP contribution in [-0.4, -0.2) is 22.5 Å². The van der Waals surface area contributed by atoms with Gasteiger partial charge in [-0.1, -0.05) is 15.9 Å². The lowest BCUT2D eigenvalue weighted by Gasteiger charge is -2.09. The van der Waals surface area contributed by atoms with Crippen LogP contribution in [0.4, 0.5) is 0 Å². The molecule has 1 atom stereocenters. The first-order valence-corrected chi connectivity index (χ1v) is 4.93. The molecule has 0 amide bonds. The van der Waals surface area contributed by atoms with Crippen molar-refractivity contribution in [3.05, 3.63) is 34.7 Å². The molecule has 1 rings (SSSR count). The average molecular weight is 260 g/mol. The highest BCUT2D eigenvalue weighted by molar-refractivity contribution is 9.10. The van der Waals surface area contributed by atoms with Gasteiger partial charge in [0.15, 0.2) is 5.43 Å². The molecule has 76 valence electrons. The molecule has 0 fully saturated rings. The molecule has 0 aliphatic heterocycles. The van der Waals surface area contributed by atoms with E-state index in [4.69, 9.17) is 0 Å². The van der Waals surface area contributed by atoms with Gasteiger partial charge in [0.1, 0.15) is 4.83 Å². The zero-order valence-electron chi connectivity index (χ0n) is 7.64. The molecule has 0 N–H and O–H groups in total. The third kappa shape index (κ3) is 2.99. The van der Waals surface area contributed by atoms with E-state index in [-0.39, 0.29) is 11.4 Å². The number of alkyl halides is 1. The number of carbonyl (C=O) groups is 1. The quantitative estimate of drug-likeness (QED) is 0.596. The van der Waals surface area contributed by atoms with Crippen LogP contribution in [0, 0.1) is 0 Å². The van der Waals surface area contributed by atoms with E-state index in [1.54, 1.807) is 17.0 Å². The van der Waals surface area contributed by atoms with Crippen LogP contribution in [0.2, 0.25) is 0 Å². The molecule has 0 saturated carbocycles. The third-order valence-corrected chi connectivity index (χ3v) is 2.35. The number of aromatic nitrogens is 1. The van der Waals surface area contributed by atoms with Crippen LogP contribution in [-0.2, 0) is 16.1 Å². The molecule has 0 spiro atoms. The second-order valence-electron chi connectivity index (χ2n) is 2.72. The smallest absolute Gasteiger partial charge is 0.321 e. The molecule has 0 radical (unpaired) electrons. The van der Waals surface area contributed by atoms with Gasteiger partial charge in [-0.2, -0.15) is 0 Å². The van der Waals surface area contributed by atoms with E-state index in [0.717, 1.165) is 0 Å². The van der Waals surface area contributed by atoms with E-state index in [2.05, 4.69) is 20.7 Å². The summed E-state index contributed by atoms with van der Waals surface area (Å²) in [5.74, 6) is -0.330. The van der Waals surface area contributed by atoms with Gasteiger partial charge in [0.25, 0.3) is 0 Å². The Morgan fingerprint density at radius 2 is 2.14 bits per heavy atom. The number of ether oxygens (including phenoxy) is 1. The third-order valence-electron chi connectivity index (χ3n) is 1.69. The first-order valence-electron chi connectivity index (χ1n) is 4.01. The number of hydrogen-bond donors (Lipinski definition) is 0. The summed E-state index contributed by atoms with van der Waals surface area (Å²) in [7, 11) is 1.34. The van der Waals surface area contributed by atoms with Gasteiger partial charge in [-0.05, 0) is 0 Å². The average Bonchev–Trinajstić information content (AvgIpc) is 2.20. The number of carbonyl (C=O) groups excluding carboxylic acids is 1. The van der Waals surface area contributed by atoms with Crippen molar-refractivity contribution in [2.24, 2.45) is 0 Å².